The van der Waals surface area contributed by atoms with Crippen LogP contribution in [0.3, 0.4) is 0 Å². The van der Waals surface area contributed by atoms with E-state index < -0.39 is 5.97 Å². The third-order valence-corrected chi connectivity index (χ3v) is 4.54. The van der Waals surface area contributed by atoms with Crippen LogP contribution in [0.1, 0.15) is 29.8 Å². The largest absolute Gasteiger partial charge is 0.388 e. The maximum atomic E-state index is 12.7. The number of carbonyl (C=O) groups is 1. The maximum Gasteiger partial charge on any atom is 0.346 e. The fraction of sp³-hybridized carbons (Fsp3) is 0.227. The van der Waals surface area contributed by atoms with Crippen LogP contribution < -0.4 is 4.74 Å². The highest BCUT2D eigenvalue weighted by Crippen LogP contribution is 2.29. The second kappa shape index (κ2) is 6.83. The van der Waals surface area contributed by atoms with Crippen LogP contribution in [0.2, 0.25) is 0 Å². The second-order valence-corrected chi connectivity index (χ2v) is 7.11. The van der Waals surface area contributed by atoms with Crippen molar-refractivity contribution in [3.05, 3.63) is 65.9 Å². The first-order valence-corrected chi connectivity index (χ1v) is 9.06. The van der Waals surface area contributed by atoms with Gasteiger partial charge in [-0.1, -0.05) is 50.2 Å². The van der Waals surface area contributed by atoms with Crippen LogP contribution in [0.5, 0.6) is 6.01 Å². The van der Waals surface area contributed by atoms with Crippen molar-refractivity contribution in [2.24, 2.45) is 5.92 Å². The molecule has 0 radical (unpaired) electrons. The summed E-state index contributed by atoms with van der Waals surface area (Å²) in [6.07, 6.45) is 1.74. The van der Waals surface area contributed by atoms with Crippen molar-refractivity contribution in [1.82, 2.24) is 14.5 Å². The SMILES string of the molecule is Cc1ccccc1C(=O)Oc1nc2cnc3ccccc3c2n1CC(C)C. The quantitative estimate of drug-likeness (QED) is 0.493. The van der Waals surface area contributed by atoms with E-state index in [1.54, 1.807) is 12.3 Å². The Morgan fingerprint density at radius 2 is 1.81 bits per heavy atom. The number of aromatic nitrogens is 3. The van der Waals surface area contributed by atoms with Gasteiger partial charge in [0.15, 0.2) is 0 Å². The Balaban J connectivity index is 1.86. The van der Waals surface area contributed by atoms with E-state index in [0.717, 1.165) is 27.5 Å². The molecule has 0 spiro atoms. The van der Waals surface area contributed by atoms with E-state index in [9.17, 15) is 4.79 Å². The number of benzene rings is 2. The highest BCUT2D eigenvalue weighted by Gasteiger charge is 2.20. The Morgan fingerprint density at radius 3 is 2.59 bits per heavy atom. The minimum atomic E-state index is -0.398. The molecule has 27 heavy (non-hydrogen) atoms. The third-order valence-electron chi connectivity index (χ3n) is 4.54. The van der Waals surface area contributed by atoms with Gasteiger partial charge in [-0.2, -0.15) is 4.98 Å². The molecule has 0 unspecified atom stereocenters. The summed E-state index contributed by atoms with van der Waals surface area (Å²) in [4.78, 5) is 21.8. The van der Waals surface area contributed by atoms with Gasteiger partial charge in [0.05, 0.1) is 22.8 Å². The Bertz CT molecular complexity index is 1140. The van der Waals surface area contributed by atoms with Gasteiger partial charge in [-0.3, -0.25) is 9.55 Å². The highest BCUT2D eigenvalue weighted by molar-refractivity contribution is 6.02. The lowest BCUT2D eigenvalue weighted by Gasteiger charge is -2.12. The number of pyridine rings is 1. The molecule has 0 aliphatic heterocycles. The van der Waals surface area contributed by atoms with Crippen molar-refractivity contribution in [3.8, 4) is 6.01 Å². The topological polar surface area (TPSA) is 57.0 Å². The van der Waals surface area contributed by atoms with Crippen LogP contribution in [-0.2, 0) is 6.54 Å². The smallest absolute Gasteiger partial charge is 0.346 e. The molecule has 2 aromatic carbocycles. The summed E-state index contributed by atoms with van der Waals surface area (Å²) in [7, 11) is 0. The van der Waals surface area contributed by atoms with E-state index >= 15 is 0 Å². The zero-order chi connectivity index (χ0) is 19.0. The standard InChI is InChI=1S/C22H21N3O2/c1-14(2)13-25-20-17-10-6-7-11-18(17)23-12-19(20)24-22(25)27-21(26)16-9-5-4-8-15(16)3/h4-12,14H,13H2,1-3H3. The summed E-state index contributed by atoms with van der Waals surface area (Å²) in [6.45, 7) is 6.84. The molecule has 5 nitrogen and oxygen atoms in total. The molecule has 0 aliphatic carbocycles. The van der Waals surface area contributed by atoms with E-state index in [1.807, 2.05) is 54.0 Å². The number of para-hydroxylation sites is 1. The molecule has 0 N–H and O–H groups in total. The lowest BCUT2D eigenvalue weighted by atomic mass is 10.1. The van der Waals surface area contributed by atoms with Crippen molar-refractivity contribution in [3.63, 3.8) is 0 Å². The minimum Gasteiger partial charge on any atom is -0.388 e. The summed E-state index contributed by atoms with van der Waals surface area (Å²) in [5.74, 6) is -0.0316. The number of rotatable bonds is 4. The van der Waals surface area contributed by atoms with Gasteiger partial charge < -0.3 is 4.74 Å². The first-order valence-electron chi connectivity index (χ1n) is 9.06. The van der Waals surface area contributed by atoms with Gasteiger partial charge in [0.2, 0.25) is 0 Å². The van der Waals surface area contributed by atoms with Gasteiger partial charge in [-0.05, 0) is 30.5 Å². The summed E-state index contributed by atoms with van der Waals surface area (Å²) in [5.41, 5.74) is 3.99. The number of ether oxygens (including phenoxy) is 1. The molecule has 2 heterocycles. The van der Waals surface area contributed by atoms with Crippen LogP contribution in [0.15, 0.2) is 54.7 Å². The van der Waals surface area contributed by atoms with Crippen molar-refractivity contribution < 1.29 is 9.53 Å². The fourth-order valence-electron chi connectivity index (χ4n) is 3.29. The molecule has 5 heteroatoms. The van der Waals surface area contributed by atoms with E-state index in [-0.39, 0.29) is 0 Å². The van der Waals surface area contributed by atoms with Crippen molar-refractivity contribution >= 4 is 27.9 Å². The molecule has 4 rings (SSSR count). The van der Waals surface area contributed by atoms with Gasteiger partial charge in [0.1, 0.15) is 5.52 Å². The average Bonchev–Trinajstić information content (AvgIpc) is 2.99. The first kappa shape index (κ1) is 17.2. The van der Waals surface area contributed by atoms with Crippen LogP contribution in [-0.4, -0.2) is 20.5 Å². The molecule has 2 aromatic heterocycles. The Hall–Kier alpha value is -3.21. The number of carbonyl (C=O) groups excluding carboxylic acids is 1. The molecule has 136 valence electrons. The average molecular weight is 359 g/mol. The molecule has 4 aromatic rings. The van der Waals surface area contributed by atoms with E-state index in [4.69, 9.17) is 4.74 Å². The lowest BCUT2D eigenvalue weighted by molar-refractivity contribution is 0.0711. The Kier molecular flexibility index (Phi) is 4.36. The van der Waals surface area contributed by atoms with Crippen LogP contribution in [0.4, 0.5) is 0 Å². The van der Waals surface area contributed by atoms with Crippen molar-refractivity contribution in [2.45, 2.75) is 27.3 Å². The molecule has 0 amide bonds. The van der Waals surface area contributed by atoms with E-state index in [1.165, 1.54) is 0 Å². The first-order chi connectivity index (χ1) is 13.0. The van der Waals surface area contributed by atoms with Gasteiger partial charge in [0.25, 0.3) is 0 Å². The van der Waals surface area contributed by atoms with E-state index in [0.29, 0.717) is 24.0 Å². The van der Waals surface area contributed by atoms with E-state index in [2.05, 4.69) is 23.8 Å². The zero-order valence-electron chi connectivity index (χ0n) is 15.6. The van der Waals surface area contributed by atoms with Gasteiger partial charge in [0, 0.05) is 11.9 Å². The van der Waals surface area contributed by atoms with Crippen LogP contribution in [0.25, 0.3) is 21.9 Å². The zero-order valence-corrected chi connectivity index (χ0v) is 15.6. The molecule has 0 bridgehead atoms. The number of fused-ring (bicyclic) bond motifs is 3. The number of esters is 1. The van der Waals surface area contributed by atoms with Gasteiger partial charge in [-0.25, -0.2) is 4.79 Å². The summed E-state index contributed by atoms with van der Waals surface area (Å²) < 4.78 is 7.72. The molecule has 0 atom stereocenters. The number of aryl methyl sites for hydroxylation is 1. The number of nitrogens with zero attached hydrogens (tertiary/aromatic N) is 3. The van der Waals surface area contributed by atoms with Crippen LogP contribution >= 0.6 is 0 Å². The normalized spacial score (nSPS) is 11.4. The third kappa shape index (κ3) is 3.16. The summed E-state index contributed by atoms with van der Waals surface area (Å²) in [6, 6.07) is 15.6. The predicted molar refractivity (Wildman–Crippen MR) is 106 cm³/mol. The van der Waals surface area contributed by atoms with Crippen molar-refractivity contribution in [2.75, 3.05) is 0 Å². The van der Waals surface area contributed by atoms with Crippen molar-refractivity contribution in [1.29, 1.82) is 0 Å². The Morgan fingerprint density at radius 1 is 1.07 bits per heavy atom. The Labute approximate surface area is 157 Å². The lowest BCUT2D eigenvalue weighted by Crippen LogP contribution is -2.15. The molecule has 0 fully saturated rings. The number of hydrogen-bond acceptors (Lipinski definition) is 4. The number of hydrogen-bond donors (Lipinski definition) is 0. The molecule has 0 saturated heterocycles. The second-order valence-electron chi connectivity index (χ2n) is 7.11. The molecule has 0 aliphatic rings. The number of imidazole rings is 1. The maximum absolute atomic E-state index is 12.7. The van der Waals surface area contributed by atoms with Gasteiger partial charge >= 0.3 is 12.0 Å². The summed E-state index contributed by atoms with van der Waals surface area (Å²) in [5, 5.41) is 1.00. The molecule has 0 saturated carbocycles. The monoisotopic (exact) mass is 359 g/mol. The summed E-state index contributed by atoms with van der Waals surface area (Å²) >= 11 is 0. The highest BCUT2D eigenvalue weighted by atomic mass is 16.5. The predicted octanol–water partition coefficient (Wildman–Crippen LogP) is 4.77. The molecular weight excluding hydrogens is 338 g/mol. The minimum absolute atomic E-state index is 0.310. The molecular formula is C22H21N3O2. The van der Waals surface area contributed by atoms with Crippen LogP contribution in [0, 0.1) is 12.8 Å². The fourth-order valence-corrected chi connectivity index (χ4v) is 3.29. The van der Waals surface area contributed by atoms with Gasteiger partial charge in [-0.15, -0.1) is 0 Å².